The Morgan fingerprint density at radius 2 is 1.05 bits per heavy atom. The van der Waals surface area contributed by atoms with E-state index in [1.807, 2.05) is 37.3 Å². The van der Waals surface area contributed by atoms with Gasteiger partial charge in [-0.1, -0.05) is 11.6 Å². The first kappa shape index (κ1) is 43.1. The van der Waals surface area contributed by atoms with Crippen molar-refractivity contribution in [3.05, 3.63) is 119 Å². The van der Waals surface area contributed by atoms with Crippen LogP contribution in [0.3, 0.4) is 0 Å². The monoisotopic (exact) mass is 893 g/mol. The van der Waals surface area contributed by atoms with Crippen LogP contribution < -0.4 is 20.0 Å². The lowest BCUT2D eigenvalue weighted by Gasteiger charge is -2.29. The molecular weight excluding hydrogens is 850 g/mol. The van der Waals surface area contributed by atoms with Gasteiger partial charge in [-0.15, -0.1) is 0 Å². The van der Waals surface area contributed by atoms with E-state index in [1.54, 1.807) is 31.7 Å². The van der Waals surface area contributed by atoms with Crippen molar-refractivity contribution in [3.63, 3.8) is 0 Å². The van der Waals surface area contributed by atoms with E-state index in [4.69, 9.17) is 25.8 Å². The van der Waals surface area contributed by atoms with Crippen molar-refractivity contribution in [2.75, 3.05) is 98.9 Å². The predicted molar refractivity (Wildman–Crippen MR) is 241 cm³/mol. The molecule has 2 aromatic carbocycles. The average molecular weight is 894 g/mol. The van der Waals surface area contributed by atoms with Gasteiger partial charge < -0.3 is 34.2 Å². The number of nitrogens with one attached hydrogen (secondary N) is 1. The van der Waals surface area contributed by atoms with Gasteiger partial charge in [0.25, 0.3) is 0 Å². The van der Waals surface area contributed by atoms with E-state index in [1.165, 1.54) is 12.1 Å². The summed E-state index contributed by atoms with van der Waals surface area (Å²) in [6.45, 7) is 12.4. The van der Waals surface area contributed by atoms with Gasteiger partial charge >= 0.3 is 0 Å². The second kappa shape index (κ2) is 18.9. The fraction of sp³-hybridized carbons (Fsp3) is 0.298. The van der Waals surface area contributed by atoms with Crippen LogP contribution >= 0.6 is 11.6 Å². The fourth-order valence-electron chi connectivity index (χ4n) is 8.13. The van der Waals surface area contributed by atoms with Gasteiger partial charge in [-0.2, -0.15) is 0 Å². The standard InChI is InChI=1S/C28H28F2N6O2.C19H16ClF2N3O/c1-18-27(19-2-3-25(32-15-19)36-6-10-38-11-7-36)34-24-13-20(29)12-23(30)26(24)28(18)33-21-14-22(17-31-16-21)35-4-8-37-9-5-35;1-11-18(20)17-14(22)8-13(21)9-15(17)24-19(11)12-2-3-16(23-10-12)25-4-6-26-7-5-25/h2-3,12-17H,4-11H2,1H3,(H,33,34);2-3,8-10H,4-7H2,1H3. The first-order valence-electron chi connectivity index (χ1n) is 21.0. The molecule has 3 aliphatic rings. The molecule has 0 radical (unpaired) electrons. The van der Waals surface area contributed by atoms with Crippen LogP contribution in [-0.4, -0.2) is 104 Å². The van der Waals surface area contributed by atoms with E-state index in [-0.39, 0.29) is 26.8 Å². The Morgan fingerprint density at radius 1 is 0.562 bits per heavy atom. The normalized spacial score (nSPS) is 15.6. The van der Waals surface area contributed by atoms with Gasteiger partial charge in [0.05, 0.1) is 107 Å². The van der Waals surface area contributed by atoms with Crippen molar-refractivity contribution in [2.24, 2.45) is 0 Å². The largest absolute Gasteiger partial charge is 0.378 e. The van der Waals surface area contributed by atoms with E-state index < -0.39 is 23.3 Å². The Morgan fingerprint density at radius 3 is 1.56 bits per heavy atom. The van der Waals surface area contributed by atoms with Gasteiger partial charge in [-0.05, 0) is 55.3 Å². The molecule has 3 fully saturated rings. The molecule has 0 unspecified atom stereocenters. The van der Waals surface area contributed by atoms with Crippen LogP contribution in [0.15, 0.2) is 79.4 Å². The minimum Gasteiger partial charge on any atom is -0.378 e. The minimum absolute atomic E-state index is 0.132. The molecule has 8 heterocycles. The summed E-state index contributed by atoms with van der Waals surface area (Å²) in [5.41, 5.74) is 6.58. The zero-order valence-electron chi connectivity index (χ0n) is 35.2. The summed E-state index contributed by atoms with van der Waals surface area (Å²) in [7, 11) is 0. The molecular formula is C47H44ClF4N9O3. The molecule has 0 spiro atoms. The van der Waals surface area contributed by atoms with Gasteiger partial charge in [0.15, 0.2) is 0 Å². The van der Waals surface area contributed by atoms with E-state index in [9.17, 15) is 13.2 Å². The van der Waals surface area contributed by atoms with Crippen molar-refractivity contribution in [3.8, 4) is 22.5 Å². The van der Waals surface area contributed by atoms with Crippen LogP contribution in [0.4, 0.5) is 46.3 Å². The Labute approximate surface area is 371 Å². The van der Waals surface area contributed by atoms with Crippen molar-refractivity contribution in [1.29, 1.82) is 0 Å². The highest BCUT2D eigenvalue weighted by Crippen LogP contribution is 2.38. The number of benzene rings is 2. The van der Waals surface area contributed by atoms with E-state index >= 15 is 4.39 Å². The van der Waals surface area contributed by atoms with E-state index in [0.717, 1.165) is 85.4 Å². The molecule has 0 amide bonds. The predicted octanol–water partition coefficient (Wildman–Crippen LogP) is 9.07. The van der Waals surface area contributed by atoms with Crippen molar-refractivity contribution in [2.45, 2.75) is 13.8 Å². The first-order chi connectivity index (χ1) is 31.1. The molecule has 330 valence electrons. The second-order valence-corrected chi connectivity index (χ2v) is 16.0. The summed E-state index contributed by atoms with van der Waals surface area (Å²) in [5.74, 6) is -1.04. The SMILES string of the molecule is Cc1c(-c2ccc(N3CCOCC3)nc2)nc2cc(F)cc(F)c2c1Cl.Cc1c(-c2ccc(N3CCOCC3)nc2)nc2cc(F)cc(F)c2c1Nc1cncc(N2CCOCC2)c1. The highest BCUT2D eigenvalue weighted by Gasteiger charge is 2.22. The van der Waals surface area contributed by atoms with E-state index in [2.05, 4.69) is 44.9 Å². The number of nitrogens with zero attached hydrogens (tertiary/aromatic N) is 8. The molecule has 12 nitrogen and oxygen atoms in total. The lowest BCUT2D eigenvalue weighted by molar-refractivity contribution is 0.122. The lowest BCUT2D eigenvalue weighted by Crippen LogP contribution is -2.36. The molecule has 0 saturated carbocycles. The molecule has 17 heteroatoms. The smallest absolute Gasteiger partial charge is 0.137 e. The quantitative estimate of drug-likeness (QED) is 0.154. The zero-order chi connectivity index (χ0) is 44.3. The zero-order valence-corrected chi connectivity index (χ0v) is 35.9. The number of morpholine rings is 3. The molecule has 0 atom stereocenters. The van der Waals surface area contributed by atoms with Crippen LogP contribution in [0.5, 0.6) is 0 Å². The van der Waals surface area contributed by atoms with Crippen molar-refractivity contribution in [1.82, 2.24) is 24.9 Å². The molecule has 5 aromatic heterocycles. The Hall–Kier alpha value is -6.20. The number of halogens is 5. The third-order valence-corrected chi connectivity index (χ3v) is 12.0. The highest BCUT2D eigenvalue weighted by molar-refractivity contribution is 6.36. The summed E-state index contributed by atoms with van der Waals surface area (Å²) < 4.78 is 73.3. The van der Waals surface area contributed by atoms with Gasteiger partial charge in [-0.25, -0.2) is 37.5 Å². The minimum atomic E-state index is -0.715. The van der Waals surface area contributed by atoms with E-state index in [0.29, 0.717) is 68.0 Å². The number of ether oxygens (including phenoxy) is 3. The van der Waals surface area contributed by atoms with Gasteiger partial charge in [0.2, 0.25) is 0 Å². The number of rotatable bonds is 7. The Bertz CT molecular complexity index is 2800. The maximum absolute atomic E-state index is 15.2. The molecule has 3 aliphatic heterocycles. The number of anilines is 5. The second-order valence-electron chi connectivity index (χ2n) is 15.6. The van der Waals surface area contributed by atoms with Crippen LogP contribution in [0.25, 0.3) is 44.3 Å². The maximum atomic E-state index is 15.2. The summed E-state index contributed by atoms with van der Waals surface area (Å²) in [6.07, 6.45) is 6.95. The maximum Gasteiger partial charge on any atom is 0.137 e. The fourth-order valence-corrected chi connectivity index (χ4v) is 8.41. The summed E-state index contributed by atoms with van der Waals surface area (Å²) in [6, 6.07) is 13.8. The number of hydrogen-bond acceptors (Lipinski definition) is 12. The number of aromatic nitrogens is 5. The van der Waals surface area contributed by atoms with Crippen LogP contribution in [0, 0.1) is 37.1 Å². The molecule has 10 rings (SSSR count). The van der Waals surface area contributed by atoms with Crippen molar-refractivity contribution < 1.29 is 31.8 Å². The van der Waals surface area contributed by atoms with Crippen LogP contribution in [-0.2, 0) is 14.2 Å². The first-order valence-corrected chi connectivity index (χ1v) is 21.4. The van der Waals surface area contributed by atoms with Crippen molar-refractivity contribution >= 4 is 62.1 Å². The third kappa shape index (κ3) is 9.09. The summed E-state index contributed by atoms with van der Waals surface area (Å²) in [5, 5.41) is 3.95. The molecule has 7 aromatic rings. The molecule has 0 bridgehead atoms. The lowest BCUT2D eigenvalue weighted by atomic mass is 10.0. The molecule has 3 saturated heterocycles. The number of fused-ring (bicyclic) bond motifs is 2. The number of pyridine rings is 5. The van der Waals surface area contributed by atoms with Crippen LogP contribution in [0.2, 0.25) is 5.02 Å². The Balaban J connectivity index is 0.000000174. The van der Waals surface area contributed by atoms with Gasteiger partial charge in [0.1, 0.15) is 34.9 Å². The molecule has 64 heavy (non-hydrogen) atoms. The Kier molecular flexibility index (Phi) is 12.7. The highest BCUT2D eigenvalue weighted by atomic mass is 35.5. The molecule has 1 N–H and O–H groups in total. The topological polar surface area (TPSA) is 114 Å². The summed E-state index contributed by atoms with van der Waals surface area (Å²) >= 11 is 6.35. The average Bonchev–Trinajstić information content (AvgIpc) is 3.32. The third-order valence-electron chi connectivity index (χ3n) is 11.5. The van der Waals surface area contributed by atoms with Crippen LogP contribution in [0.1, 0.15) is 11.1 Å². The van der Waals surface area contributed by atoms with Gasteiger partial charge in [-0.3, -0.25) is 4.98 Å². The van der Waals surface area contributed by atoms with Gasteiger partial charge in [0, 0.05) is 87.1 Å². The summed E-state index contributed by atoms with van der Waals surface area (Å²) in [4.78, 5) is 29.2. The molecule has 0 aliphatic carbocycles. The number of hydrogen-bond donors (Lipinski definition) is 1.